The van der Waals surface area contributed by atoms with Gasteiger partial charge >= 0.3 is 0 Å². The van der Waals surface area contributed by atoms with Crippen molar-refractivity contribution in [2.75, 3.05) is 38.2 Å². The molecule has 2 saturated heterocycles. The minimum Gasteiger partial charge on any atom is -0.381 e. The number of aryl methyl sites for hydroxylation is 2. The predicted molar refractivity (Wildman–Crippen MR) is 136 cm³/mol. The number of rotatable bonds is 5. The molecule has 1 unspecified atom stereocenters. The number of likely N-dealkylation sites (tertiary alicyclic amines) is 1. The van der Waals surface area contributed by atoms with E-state index in [9.17, 15) is 0 Å². The SMILES string of the molecule is Cc1ccc(C)c(-c2nnc(NC3C[C@@H]4CN(CC5CCOCC5)C[C@@H]4C3)c3ccsc23)c1. The van der Waals surface area contributed by atoms with E-state index >= 15 is 0 Å². The van der Waals surface area contributed by atoms with Crippen LogP contribution >= 0.6 is 11.3 Å². The van der Waals surface area contributed by atoms with Crippen molar-refractivity contribution >= 4 is 27.2 Å². The topological polar surface area (TPSA) is 50.3 Å². The van der Waals surface area contributed by atoms with Crippen LogP contribution in [0.3, 0.4) is 0 Å². The van der Waals surface area contributed by atoms with Gasteiger partial charge in [0.25, 0.3) is 0 Å². The van der Waals surface area contributed by atoms with Crippen LogP contribution in [0.15, 0.2) is 29.6 Å². The Hall–Kier alpha value is -2.02. The van der Waals surface area contributed by atoms with E-state index in [4.69, 9.17) is 14.9 Å². The molecule has 3 fully saturated rings. The number of hydrogen-bond donors (Lipinski definition) is 1. The van der Waals surface area contributed by atoms with Gasteiger partial charge in [0.05, 0.1) is 4.70 Å². The molecular formula is C27H34N4OS. The first-order chi connectivity index (χ1) is 16.1. The molecule has 6 heteroatoms. The number of thiophene rings is 1. The fourth-order valence-corrected chi connectivity index (χ4v) is 7.20. The first-order valence-corrected chi connectivity index (χ1v) is 13.4. The zero-order valence-electron chi connectivity index (χ0n) is 19.7. The van der Waals surface area contributed by atoms with Gasteiger partial charge in [-0.3, -0.25) is 0 Å². The molecule has 6 rings (SSSR count). The molecule has 2 aromatic heterocycles. The Morgan fingerprint density at radius 2 is 1.85 bits per heavy atom. The average Bonchev–Trinajstić information content (AvgIpc) is 3.52. The zero-order valence-corrected chi connectivity index (χ0v) is 20.5. The lowest BCUT2D eigenvalue weighted by Gasteiger charge is -2.27. The number of aromatic nitrogens is 2. The summed E-state index contributed by atoms with van der Waals surface area (Å²) in [4.78, 5) is 2.73. The van der Waals surface area contributed by atoms with E-state index in [1.165, 1.54) is 72.1 Å². The zero-order chi connectivity index (χ0) is 22.4. The van der Waals surface area contributed by atoms with E-state index in [0.717, 1.165) is 42.5 Å². The van der Waals surface area contributed by atoms with Crippen LogP contribution in [0.2, 0.25) is 0 Å². The van der Waals surface area contributed by atoms with Gasteiger partial charge in [0.15, 0.2) is 5.82 Å². The number of benzene rings is 1. The summed E-state index contributed by atoms with van der Waals surface area (Å²) in [6.07, 6.45) is 4.98. The quantitative estimate of drug-likeness (QED) is 0.541. The summed E-state index contributed by atoms with van der Waals surface area (Å²) < 4.78 is 6.78. The van der Waals surface area contributed by atoms with Crippen molar-refractivity contribution in [3.8, 4) is 11.3 Å². The van der Waals surface area contributed by atoms with E-state index < -0.39 is 0 Å². The Morgan fingerprint density at radius 1 is 1.06 bits per heavy atom. The highest BCUT2D eigenvalue weighted by atomic mass is 32.1. The molecule has 0 spiro atoms. The maximum absolute atomic E-state index is 5.54. The fraction of sp³-hybridized carbons (Fsp3) is 0.556. The van der Waals surface area contributed by atoms with Crippen LogP contribution in [0, 0.1) is 31.6 Å². The van der Waals surface area contributed by atoms with Crippen molar-refractivity contribution < 1.29 is 4.74 Å². The van der Waals surface area contributed by atoms with E-state index in [0.29, 0.717) is 6.04 Å². The standard InChI is InChI=1S/C27H34N4OS/c1-17-3-4-18(2)24(11-17)25-26-23(7-10-33-26)27(30-29-25)28-22-12-20-15-31(16-21(20)13-22)14-19-5-8-32-9-6-19/h3-4,7,10-11,19-22H,5-6,8-9,12-16H2,1-2H3,(H,28,30)/t20-,21+,22?. The summed E-state index contributed by atoms with van der Waals surface area (Å²) in [5.41, 5.74) is 4.72. The molecule has 0 amide bonds. The minimum atomic E-state index is 0.509. The van der Waals surface area contributed by atoms with Gasteiger partial charge in [0.1, 0.15) is 5.69 Å². The van der Waals surface area contributed by atoms with E-state index in [2.05, 4.69) is 53.7 Å². The van der Waals surface area contributed by atoms with E-state index in [-0.39, 0.29) is 0 Å². The van der Waals surface area contributed by atoms with Crippen LogP contribution in [-0.4, -0.2) is 54.0 Å². The molecule has 1 saturated carbocycles. The summed E-state index contributed by atoms with van der Waals surface area (Å²) in [7, 11) is 0. The molecule has 3 aliphatic rings. The number of fused-ring (bicyclic) bond motifs is 2. The van der Waals surface area contributed by atoms with Crippen molar-refractivity contribution in [3.63, 3.8) is 0 Å². The molecule has 174 valence electrons. The maximum atomic E-state index is 5.54. The molecule has 0 bridgehead atoms. The van der Waals surface area contributed by atoms with Crippen molar-refractivity contribution in [2.24, 2.45) is 17.8 Å². The molecule has 3 atom stereocenters. The predicted octanol–water partition coefficient (Wildman–Crippen LogP) is 5.52. The Kier molecular flexibility index (Phi) is 5.85. The third-order valence-electron chi connectivity index (χ3n) is 8.06. The van der Waals surface area contributed by atoms with Crippen LogP contribution in [0.1, 0.15) is 36.8 Å². The van der Waals surface area contributed by atoms with Crippen molar-refractivity contribution in [3.05, 3.63) is 40.8 Å². The maximum Gasteiger partial charge on any atom is 0.157 e. The number of nitrogens with zero attached hydrogens (tertiary/aromatic N) is 3. The number of hydrogen-bond acceptors (Lipinski definition) is 6. The summed E-state index contributed by atoms with van der Waals surface area (Å²) in [5, 5.41) is 16.6. The molecule has 0 radical (unpaired) electrons. The normalized spacial score (nSPS) is 26.2. The monoisotopic (exact) mass is 462 g/mol. The average molecular weight is 463 g/mol. The highest BCUT2D eigenvalue weighted by Crippen LogP contribution is 2.41. The van der Waals surface area contributed by atoms with Gasteiger partial charge in [-0.2, -0.15) is 0 Å². The summed E-state index contributed by atoms with van der Waals surface area (Å²) >= 11 is 1.77. The summed E-state index contributed by atoms with van der Waals surface area (Å²) in [6, 6.07) is 9.29. The highest BCUT2D eigenvalue weighted by Gasteiger charge is 2.41. The Morgan fingerprint density at radius 3 is 2.64 bits per heavy atom. The van der Waals surface area contributed by atoms with Crippen LogP contribution in [-0.2, 0) is 4.74 Å². The largest absolute Gasteiger partial charge is 0.381 e. The summed E-state index contributed by atoms with van der Waals surface area (Å²) in [6.45, 7) is 10.0. The molecule has 2 aliphatic heterocycles. The second kappa shape index (κ2) is 8.97. The van der Waals surface area contributed by atoms with Crippen molar-refractivity contribution in [1.82, 2.24) is 15.1 Å². The number of ether oxygens (including phenoxy) is 1. The second-order valence-corrected chi connectivity index (χ2v) is 11.4. The Balaban J connectivity index is 1.14. The lowest BCUT2D eigenvalue weighted by molar-refractivity contribution is 0.0545. The smallest absolute Gasteiger partial charge is 0.157 e. The van der Waals surface area contributed by atoms with Gasteiger partial charge in [-0.25, -0.2) is 0 Å². The van der Waals surface area contributed by atoms with Crippen LogP contribution < -0.4 is 5.32 Å². The molecular weight excluding hydrogens is 428 g/mol. The second-order valence-electron chi connectivity index (χ2n) is 10.5. The first-order valence-electron chi connectivity index (χ1n) is 12.5. The molecule has 1 aliphatic carbocycles. The Bertz CT molecular complexity index is 1120. The van der Waals surface area contributed by atoms with Gasteiger partial charge < -0.3 is 15.0 Å². The van der Waals surface area contributed by atoms with Gasteiger partial charge in [-0.15, -0.1) is 21.5 Å². The van der Waals surface area contributed by atoms with Gasteiger partial charge in [0, 0.05) is 49.8 Å². The van der Waals surface area contributed by atoms with E-state index in [1.54, 1.807) is 11.3 Å². The third kappa shape index (κ3) is 4.29. The molecule has 1 N–H and O–H groups in total. The lowest BCUT2D eigenvalue weighted by atomic mass is 10.00. The molecule has 4 heterocycles. The lowest BCUT2D eigenvalue weighted by Crippen LogP contribution is -2.32. The molecule has 1 aromatic carbocycles. The van der Waals surface area contributed by atoms with Gasteiger partial charge in [-0.1, -0.05) is 17.7 Å². The summed E-state index contributed by atoms with van der Waals surface area (Å²) in [5.74, 6) is 3.44. The van der Waals surface area contributed by atoms with Crippen molar-refractivity contribution in [1.29, 1.82) is 0 Å². The van der Waals surface area contributed by atoms with Gasteiger partial charge in [-0.05, 0) is 80.4 Å². The van der Waals surface area contributed by atoms with Crippen LogP contribution in [0.5, 0.6) is 0 Å². The number of anilines is 1. The highest BCUT2D eigenvalue weighted by molar-refractivity contribution is 7.17. The van der Waals surface area contributed by atoms with Crippen molar-refractivity contribution in [2.45, 2.75) is 45.6 Å². The Labute approximate surface area is 200 Å². The minimum absolute atomic E-state index is 0.509. The van der Waals surface area contributed by atoms with Gasteiger partial charge in [0.2, 0.25) is 0 Å². The first kappa shape index (κ1) is 21.5. The van der Waals surface area contributed by atoms with Crippen LogP contribution in [0.4, 0.5) is 5.82 Å². The fourth-order valence-electron chi connectivity index (χ4n) is 6.30. The molecule has 33 heavy (non-hydrogen) atoms. The van der Waals surface area contributed by atoms with E-state index in [1.807, 2.05) is 0 Å². The third-order valence-corrected chi connectivity index (χ3v) is 8.98. The molecule has 5 nitrogen and oxygen atoms in total. The number of nitrogens with one attached hydrogen (secondary N) is 1. The van der Waals surface area contributed by atoms with Crippen LogP contribution in [0.25, 0.3) is 21.3 Å². The molecule has 3 aromatic rings.